The lowest BCUT2D eigenvalue weighted by molar-refractivity contribution is -0.118. The third kappa shape index (κ3) is 6.37. The molecule has 8 nitrogen and oxygen atoms in total. The van der Waals surface area contributed by atoms with E-state index >= 15 is 0 Å². The summed E-state index contributed by atoms with van der Waals surface area (Å²) in [5.74, 6) is -0.941. The molecule has 1 heterocycles. The SMILES string of the molecule is CCOC(=O)c1ccc2c(c1)sc(=NC(=O)CCCS(=O)(=O)c1ccccc1)n2CCOC. The summed E-state index contributed by atoms with van der Waals surface area (Å²) >= 11 is 1.28. The number of esters is 1. The van der Waals surface area contributed by atoms with Crippen LogP contribution in [0.4, 0.5) is 0 Å². The minimum atomic E-state index is -3.44. The molecule has 33 heavy (non-hydrogen) atoms. The van der Waals surface area contributed by atoms with E-state index < -0.39 is 21.7 Å². The van der Waals surface area contributed by atoms with Crippen molar-refractivity contribution in [2.24, 2.45) is 4.99 Å². The molecule has 0 spiro atoms. The second-order valence-electron chi connectivity index (χ2n) is 7.17. The van der Waals surface area contributed by atoms with Gasteiger partial charge in [-0.25, -0.2) is 13.2 Å². The van der Waals surface area contributed by atoms with Gasteiger partial charge < -0.3 is 14.0 Å². The summed E-state index contributed by atoms with van der Waals surface area (Å²) < 4.78 is 37.7. The molecule has 0 fully saturated rings. The molecule has 0 aliphatic heterocycles. The van der Waals surface area contributed by atoms with Crippen LogP contribution in [-0.2, 0) is 30.7 Å². The smallest absolute Gasteiger partial charge is 0.338 e. The highest BCUT2D eigenvalue weighted by atomic mass is 32.2. The average molecular weight is 491 g/mol. The normalized spacial score (nSPS) is 12.2. The molecule has 1 amide bonds. The van der Waals surface area contributed by atoms with Crippen LogP contribution < -0.4 is 4.80 Å². The van der Waals surface area contributed by atoms with Crippen molar-refractivity contribution in [1.29, 1.82) is 0 Å². The average Bonchev–Trinajstić information content (AvgIpc) is 3.14. The molecule has 10 heteroatoms. The van der Waals surface area contributed by atoms with E-state index in [0.717, 1.165) is 10.2 Å². The number of carbonyl (C=O) groups is 2. The first-order chi connectivity index (χ1) is 15.9. The van der Waals surface area contributed by atoms with Crippen LogP contribution in [0.25, 0.3) is 10.2 Å². The number of hydrogen-bond acceptors (Lipinski definition) is 7. The molecule has 176 valence electrons. The van der Waals surface area contributed by atoms with Crippen molar-refractivity contribution in [3.8, 4) is 0 Å². The summed E-state index contributed by atoms with van der Waals surface area (Å²) in [6.45, 7) is 2.92. The second kappa shape index (κ2) is 11.4. The Bertz CT molecular complexity index is 1290. The van der Waals surface area contributed by atoms with Gasteiger partial charge in [0.1, 0.15) is 0 Å². The molecule has 2 aromatic carbocycles. The number of fused-ring (bicyclic) bond motifs is 1. The number of carbonyl (C=O) groups excluding carboxylic acids is 2. The summed E-state index contributed by atoms with van der Waals surface area (Å²) in [5.41, 5.74) is 1.25. The number of amides is 1. The number of methoxy groups -OCH3 is 1. The minimum Gasteiger partial charge on any atom is -0.462 e. The standard InChI is InChI=1S/C23H26N2O6S2/c1-3-31-22(27)17-11-12-19-20(16-17)32-23(25(19)13-14-30-2)24-21(26)10-7-15-33(28,29)18-8-5-4-6-9-18/h4-6,8-9,11-12,16H,3,7,10,13-15H2,1-2H3. The second-order valence-corrected chi connectivity index (χ2v) is 10.3. The Morgan fingerprint density at radius 1 is 1.12 bits per heavy atom. The summed E-state index contributed by atoms with van der Waals surface area (Å²) in [5, 5.41) is 0. The first-order valence-corrected chi connectivity index (χ1v) is 13.0. The minimum absolute atomic E-state index is 0.0126. The van der Waals surface area contributed by atoms with Crippen LogP contribution in [0.15, 0.2) is 58.4 Å². The van der Waals surface area contributed by atoms with Crippen molar-refractivity contribution in [1.82, 2.24) is 4.57 Å². The molecule has 0 unspecified atom stereocenters. The Balaban J connectivity index is 1.80. The van der Waals surface area contributed by atoms with E-state index in [-0.39, 0.29) is 30.1 Å². The number of aromatic nitrogens is 1. The van der Waals surface area contributed by atoms with Gasteiger partial charge in [-0.05, 0) is 43.7 Å². The predicted octanol–water partition coefficient (Wildman–Crippen LogP) is 3.21. The maximum atomic E-state index is 12.5. The van der Waals surface area contributed by atoms with Gasteiger partial charge in [0.25, 0.3) is 0 Å². The third-order valence-electron chi connectivity index (χ3n) is 4.84. The molecular weight excluding hydrogens is 464 g/mol. The first-order valence-electron chi connectivity index (χ1n) is 10.5. The quantitative estimate of drug-likeness (QED) is 0.404. The van der Waals surface area contributed by atoms with Gasteiger partial charge in [0, 0.05) is 20.1 Å². The van der Waals surface area contributed by atoms with Crippen LogP contribution in [0.2, 0.25) is 0 Å². The summed E-state index contributed by atoms with van der Waals surface area (Å²) in [4.78, 5) is 29.5. The zero-order valence-corrected chi connectivity index (χ0v) is 20.2. The zero-order valence-electron chi connectivity index (χ0n) is 18.5. The van der Waals surface area contributed by atoms with Crippen LogP contribution in [-0.4, -0.2) is 50.9 Å². The maximum absolute atomic E-state index is 12.5. The molecule has 3 aromatic rings. The molecule has 0 bridgehead atoms. The van der Waals surface area contributed by atoms with Gasteiger partial charge >= 0.3 is 5.97 Å². The monoisotopic (exact) mass is 490 g/mol. The number of nitrogens with zero attached hydrogens (tertiary/aromatic N) is 2. The number of sulfone groups is 1. The van der Waals surface area contributed by atoms with E-state index in [4.69, 9.17) is 9.47 Å². The van der Waals surface area contributed by atoms with Crippen LogP contribution in [0.3, 0.4) is 0 Å². The number of ether oxygens (including phenoxy) is 2. The lowest BCUT2D eigenvalue weighted by atomic mass is 10.2. The van der Waals surface area contributed by atoms with Crippen molar-refractivity contribution in [2.45, 2.75) is 31.2 Å². The molecule has 0 radical (unpaired) electrons. The topological polar surface area (TPSA) is 104 Å². The Morgan fingerprint density at radius 3 is 2.58 bits per heavy atom. The van der Waals surface area contributed by atoms with Crippen LogP contribution >= 0.6 is 11.3 Å². The zero-order chi connectivity index (χ0) is 23.8. The number of hydrogen-bond donors (Lipinski definition) is 0. The van der Waals surface area contributed by atoms with Crippen LogP contribution in [0, 0.1) is 0 Å². The predicted molar refractivity (Wildman–Crippen MR) is 126 cm³/mol. The number of benzene rings is 2. The fraction of sp³-hybridized carbons (Fsp3) is 0.348. The van der Waals surface area contributed by atoms with E-state index in [1.807, 2.05) is 4.57 Å². The third-order valence-corrected chi connectivity index (χ3v) is 7.70. The van der Waals surface area contributed by atoms with Gasteiger partial charge in [-0.3, -0.25) is 4.79 Å². The molecule has 0 saturated carbocycles. The first kappa shape index (κ1) is 24.8. The van der Waals surface area contributed by atoms with E-state index in [0.29, 0.717) is 23.5 Å². The van der Waals surface area contributed by atoms with Gasteiger partial charge in [-0.1, -0.05) is 29.5 Å². The Labute approximate surface area is 196 Å². The van der Waals surface area contributed by atoms with Gasteiger partial charge in [0.15, 0.2) is 14.6 Å². The lowest BCUT2D eigenvalue weighted by Gasteiger charge is -2.05. The summed E-state index contributed by atoms with van der Waals surface area (Å²) in [6, 6.07) is 13.4. The molecular formula is C23H26N2O6S2. The van der Waals surface area contributed by atoms with Gasteiger partial charge in [0.05, 0.1) is 39.6 Å². The molecule has 0 saturated heterocycles. The van der Waals surface area contributed by atoms with E-state index in [9.17, 15) is 18.0 Å². The largest absolute Gasteiger partial charge is 0.462 e. The molecule has 0 atom stereocenters. The van der Waals surface area contributed by atoms with Crippen molar-refractivity contribution in [3.05, 3.63) is 58.9 Å². The number of rotatable bonds is 10. The summed E-state index contributed by atoms with van der Waals surface area (Å²) in [6.07, 6.45) is 0.189. The van der Waals surface area contributed by atoms with Crippen molar-refractivity contribution < 1.29 is 27.5 Å². The Kier molecular flexibility index (Phi) is 8.54. The Hall–Kier alpha value is -2.82. The molecule has 0 aliphatic carbocycles. The van der Waals surface area contributed by atoms with Gasteiger partial charge in [0.2, 0.25) is 5.91 Å². The highest BCUT2D eigenvalue weighted by molar-refractivity contribution is 7.91. The molecule has 3 rings (SSSR count). The molecule has 0 N–H and O–H groups in total. The van der Waals surface area contributed by atoms with E-state index in [1.54, 1.807) is 62.6 Å². The van der Waals surface area contributed by atoms with Crippen molar-refractivity contribution in [3.63, 3.8) is 0 Å². The Morgan fingerprint density at radius 2 is 1.88 bits per heavy atom. The highest BCUT2D eigenvalue weighted by Crippen LogP contribution is 2.20. The molecule has 0 aliphatic rings. The van der Waals surface area contributed by atoms with Gasteiger partial charge in [-0.15, -0.1) is 0 Å². The number of thiazole rings is 1. The highest BCUT2D eigenvalue weighted by Gasteiger charge is 2.15. The van der Waals surface area contributed by atoms with Gasteiger partial charge in [-0.2, -0.15) is 4.99 Å². The van der Waals surface area contributed by atoms with E-state index in [2.05, 4.69) is 4.99 Å². The maximum Gasteiger partial charge on any atom is 0.338 e. The lowest BCUT2D eigenvalue weighted by Crippen LogP contribution is -2.19. The fourth-order valence-electron chi connectivity index (χ4n) is 3.22. The van der Waals surface area contributed by atoms with Crippen molar-refractivity contribution >= 4 is 43.3 Å². The van der Waals surface area contributed by atoms with Crippen molar-refractivity contribution in [2.75, 3.05) is 26.1 Å². The van der Waals surface area contributed by atoms with Crippen LogP contribution in [0.1, 0.15) is 30.1 Å². The van der Waals surface area contributed by atoms with E-state index in [1.165, 1.54) is 11.3 Å². The fourth-order valence-corrected chi connectivity index (χ4v) is 5.66. The summed E-state index contributed by atoms with van der Waals surface area (Å²) in [7, 11) is -1.86. The van der Waals surface area contributed by atoms with Crippen LogP contribution in [0.5, 0.6) is 0 Å². The molecule has 1 aromatic heterocycles.